The van der Waals surface area contributed by atoms with Crippen LogP contribution in [-0.4, -0.2) is 14.8 Å². The Bertz CT molecular complexity index is 1280. The normalized spacial score (nSPS) is 11.5. The summed E-state index contributed by atoms with van der Waals surface area (Å²) in [5.74, 6) is 1.10. The largest absolute Gasteiger partial charge is 0.416 e. The summed E-state index contributed by atoms with van der Waals surface area (Å²) in [4.78, 5) is 0. The minimum atomic E-state index is 0.545. The van der Waals surface area contributed by atoms with Crippen LogP contribution in [0.4, 0.5) is 0 Å². The first-order valence-electron chi connectivity index (χ1n) is 9.17. The van der Waals surface area contributed by atoms with Crippen LogP contribution in [0.3, 0.4) is 0 Å². The number of rotatable bonds is 3. The summed E-state index contributed by atoms with van der Waals surface area (Å²) in [6.45, 7) is 5.15. The van der Waals surface area contributed by atoms with Crippen molar-refractivity contribution in [1.29, 1.82) is 0 Å². The van der Waals surface area contributed by atoms with Crippen LogP contribution in [0.5, 0.6) is 0 Å². The molecule has 4 heteroatoms. The van der Waals surface area contributed by atoms with E-state index in [1.54, 1.807) is 0 Å². The highest BCUT2D eigenvalue weighted by molar-refractivity contribution is 6.09. The zero-order valence-corrected chi connectivity index (χ0v) is 15.3. The van der Waals surface area contributed by atoms with E-state index in [0.717, 1.165) is 23.2 Å². The summed E-state index contributed by atoms with van der Waals surface area (Å²) in [5, 5.41) is 11.0. The van der Waals surface area contributed by atoms with Crippen molar-refractivity contribution in [1.82, 2.24) is 14.8 Å². The van der Waals surface area contributed by atoms with Gasteiger partial charge in [-0.05, 0) is 49.7 Å². The first kappa shape index (κ1) is 15.8. The Kier molecular flexibility index (Phi) is 3.57. The van der Waals surface area contributed by atoms with Gasteiger partial charge in [-0.3, -0.25) is 0 Å². The fourth-order valence-electron chi connectivity index (χ4n) is 3.79. The standard InChI is InChI=1S/C23H19N3O/c1-3-26-20-11-7-6-10-18(20)19-14-16(12-13-21(19)26)22-24-25-23(27-22)17-9-5-4-8-15(17)2/h4-14H,3H2,1-2H3. The Balaban J connectivity index is 1.66. The predicted octanol–water partition coefficient (Wildman–Crippen LogP) is 5.84. The number of hydrogen-bond acceptors (Lipinski definition) is 3. The molecular weight excluding hydrogens is 334 g/mol. The lowest BCUT2D eigenvalue weighted by atomic mass is 10.1. The average Bonchev–Trinajstić information content (AvgIpc) is 3.31. The molecule has 0 N–H and O–H groups in total. The first-order valence-corrected chi connectivity index (χ1v) is 9.17. The molecule has 0 radical (unpaired) electrons. The monoisotopic (exact) mass is 353 g/mol. The molecule has 132 valence electrons. The van der Waals surface area contributed by atoms with Crippen LogP contribution in [0.1, 0.15) is 12.5 Å². The van der Waals surface area contributed by atoms with Gasteiger partial charge in [0, 0.05) is 39.5 Å². The SMILES string of the molecule is CCn1c2ccccc2c2cc(-c3nnc(-c4ccccc4C)o3)ccc21. The molecule has 0 saturated heterocycles. The van der Waals surface area contributed by atoms with Gasteiger partial charge in [-0.25, -0.2) is 0 Å². The fourth-order valence-corrected chi connectivity index (χ4v) is 3.79. The number of benzene rings is 3. The smallest absolute Gasteiger partial charge is 0.248 e. The van der Waals surface area contributed by atoms with Crippen molar-refractivity contribution in [2.24, 2.45) is 0 Å². The van der Waals surface area contributed by atoms with E-state index in [-0.39, 0.29) is 0 Å². The van der Waals surface area contributed by atoms with Gasteiger partial charge in [0.2, 0.25) is 11.8 Å². The van der Waals surface area contributed by atoms with Gasteiger partial charge in [0.05, 0.1) is 0 Å². The fraction of sp³-hybridized carbons (Fsp3) is 0.130. The zero-order chi connectivity index (χ0) is 18.4. The lowest BCUT2D eigenvalue weighted by Crippen LogP contribution is -1.92. The molecule has 5 aromatic rings. The van der Waals surface area contributed by atoms with E-state index < -0.39 is 0 Å². The number of aromatic nitrogens is 3. The van der Waals surface area contributed by atoms with Crippen LogP contribution >= 0.6 is 0 Å². The van der Waals surface area contributed by atoms with Gasteiger partial charge >= 0.3 is 0 Å². The molecular formula is C23H19N3O. The molecule has 3 aromatic carbocycles. The van der Waals surface area contributed by atoms with Crippen molar-refractivity contribution in [2.75, 3.05) is 0 Å². The van der Waals surface area contributed by atoms with E-state index in [1.807, 2.05) is 31.2 Å². The van der Waals surface area contributed by atoms with Gasteiger partial charge in [0.15, 0.2) is 0 Å². The lowest BCUT2D eigenvalue weighted by Gasteiger charge is -2.03. The highest BCUT2D eigenvalue weighted by atomic mass is 16.4. The molecule has 27 heavy (non-hydrogen) atoms. The van der Waals surface area contributed by atoms with E-state index in [1.165, 1.54) is 21.8 Å². The van der Waals surface area contributed by atoms with E-state index >= 15 is 0 Å². The maximum Gasteiger partial charge on any atom is 0.248 e. The maximum absolute atomic E-state index is 6.00. The number of nitrogens with zero attached hydrogens (tertiary/aromatic N) is 3. The molecule has 0 unspecified atom stereocenters. The van der Waals surface area contributed by atoms with Gasteiger partial charge < -0.3 is 8.98 Å². The molecule has 0 amide bonds. The minimum absolute atomic E-state index is 0.545. The van der Waals surface area contributed by atoms with Crippen molar-refractivity contribution >= 4 is 21.8 Å². The topological polar surface area (TPSA) is 43.9 Å². The second kappa shape index (κ2) is 6.09. The molecule has 0 atom stereocenters. The first-order chi connectivity index (χ1) is 13.3. The van der Waals surface area contributed by atoms with Crippen LogP contribution in [0.2, 0.25) is 0 Å². The van der Waals surface area contributed by atoms with E-state index in [9.17, 15) is 0 Å². The van der Waals surface area contributed by atoms with Crippen molar-refractivity contribution in [2.45, 2.75) is 20.4 Å². The van der Waals surface area contributed by atoms with E-state index in [2.05, 4.69) is 64.2 Å². The van der Waals surface area contributed by atoms with Gasteiger partial charge in [-0.15, -0.1) is 10.2 Å². The van der Waals surface area contributed by atoms with E-state index in [0.29, 0.717) is 11.8 Å². The van der Waals surface area contributed by atoms with Crippen LogP contribution in [-0.2, 0) is 6.54 Å². The molecule has 2 heterocycles. The van der Waals surface area contributed by atoms with E-state index in [4.69, 9.17) is 4.42 Å². The third-order valence-corrected chi connectivity index (χ3v) is 5.14. The highest BCUT2D eigenvalue weighted by Crippen LogP contribution is 2.33. The molecule has 4 nitrogen and oxygen atoms in total. The Morgan fingerprint density at radius 1 is 0.815 bits per heavy atom. The van der Waals surface area contributed by atoms with Crippen molar-refractivity contribution in [3.8, 4) is 22.9 Å². The Labute approximate surface area is 157 Å². The summed E-state index contributed by atoms with van der Waals surface area (Å²) in [5.41, 5.74) is 5.50. The third kappa shape index (κ3) is 2.45. The van der Waals surface area contributed by atoms with Gasteiger partial charge in [0.25, 0.3) is 0 Å². The molecule has 0 spiro atoms. The predicted molar refractivity (Wildman–Crippen MR) is 109 cm³/mol. The molecule has 0 aliphatic heterocycles. The molecule has 5 rings (SSSR count). The highest BCUT2D eigenvalue weighted by Gasteiger charge is 2.15. The van der Waals surface area contributed by atoms with Crippen molar-refractivity contribution < 1.29 is 4.42 Å². The maximum atomic E-state index is 6.00. The third-order valence-electron chi connectivity index (χ3n) is 5.14. The molecule has 0 saturated carbocycles. The lowest BCUT2D eigenvalue weighted by molar-refractivity contribution is 0.584. The summed E-state index contributed by atoms with van der Waals surface area (Å²) in [6, 6.07) is 22.9. The molecule has 0 aliphatic carbocycles. The van der Waals surface area contributed by atoms with Crippen molar-refractivity contribution in [3.63, 3.8) is 0 Å². The van der Waals surface area contributed by atoms with Gasteiger partial charge in [-0.2, -0.15) is 0 Å². The summed E-state index contributed by atoms with van der Waals surface area (Å²) >= 11 is 0. The average molecular weight is 353 g/mol. The Hall–Kier alpha value is -3.40. The molecule has 0 fully saturated rings. The van der Waals surface area contributed by atoms with Crippen LogP contribution < -0.4 is 0 Å². The summed E-state index contributed by atoms with van der Waals surface area (Å²) in [6.07, 6.45) is 0. The number of fused-ring (bicyclic) bond motifs is 3. The summed E-state index contributed by atoms with van der Waals surface area (Å²) in [7, 11) is 0. The van der Waals surface area contributed by atoms with Crippen LogP contribution in [0, 0.1) is 6.92 Å². The van der Waals surface area contributed by atoms with Gasteiger partial charge in [-0.1, -0.05) is 36.4 Å². The molecule has 0 bridgehead atoms. The quantitative estimate of drug-likeness (QED) is 0.409. The molecule has 0 aliphatic rings. The number of para-hydroxylation sites is 1. The zero-order valence-electron chi connectivity index (χ0n) is 15.3. The second-order valence-electron chi connectivity index (χ2n) is 6.72. The van der Waals surface area contributed by atoms with Crippen LogP contribution in [0.15, 0.2) is 71.1 Å². The van der Waals surface area contributed by atoms with Crippen LogP contribution in [0.25, 0.3) is 44.7 Å². The minimum Gasteiger partial charge on any atom is -0.416 e. The van der Waals surface area contributed by atoms with Gasteiger partial charge in [0.1, 0.15) is 0 Å². The Morgan fingerprint density at radius 3 is 2.41 bits per heavy atom. The summed E-state index contributed by atoms with van der Waals surface area (Å²) < 4.78 is 8.34. The molecule has 2 aromatic heterocycles. The Morgan fingerprint density at radius 2 is 1.56 bits per heavy atom. The number of hydrogen-bond donors (Lipinski definition) is 0. The number of aryl methyl sites for hydroxylation is 2. The second-order valence-corrected chi connectivity index (χ2v) is 6.72. The van der Waals surface area contributed by atoms with Crippen molar-refractivity contribution in [3.05, 3.63) is 72.3 Å².